The van der Waals surface area contributed by atoms with Gasteiger partial charge in [-0.2, -0.15) is 0 Å². The van der Waals surface area contributed by atoms with Crippen molar-refractivity contribution in [3.05, 3.63) is 0 Å². The molecule has 0 spiro atoms. The summed E-state index contributed by atoms with van der Waals surface area (Å²) >= 11 is -6.00. The van der Waals surface area contributed by atoms with Crippen LogP contribution in [0, 0.1) is 71.2 Å². The van der Waals surface area contributed by atoms with Gasteiger partial charge in [0.05, 0.1) is 11.9 Å². The van der Waals surface area contributed by atoms with E-state index in [0.717, 1.165) is 0 Å². The first-order valence-electron chi connectivity index (χ1n) is 1.88. The Morgan fingerprint density at radius 1 is 0.769 bits per heavy atom. The van der Waals surface area contributed by atoms with Crippen LogP contribution in [0.15, 0.2) is 0 Å². The van der Waals surface area contributed by atoms with Crippen LogP contribution in [0.25, 0.3) is 0 Å². The van der Waals surface area contributed by atoms with Gasteiger partial charge in [-0.1, -0.05) is 0 Å². The van der Waals surface area contributed by atoms with Crippen molar-refractivity contribution in [3.8, 4) is 0 Å². The molecule has 0 amide bonds. The predicted molar refractivity (Wildman–Crippen MR) is 10.0 cm³/mol. The van der Waals surface area contributed by atoms with E-state index in [9.17, 15) is 0 Å². The minimum atomic E-state index is -6.00. The topological polar surface area (TPSA) is 172 Å². The van der Waals surface area contributed by atoms with E-state index in [-0.39, 0.29) is 71.2 Å². The first-order chi connectivity index (χ1) is 4.64. The van der Waals surface area contributed by atoms with Gasteiger partial charge in [0.25, 0.3) is 0 Å². The molecule has 0 N–H and O–H groups in total. The van der Waals surface area contributed by atoms with Crippen molar-refractivity contribution in [1.82, 2.24) is 0 Å². The first-order valence-corrected chi connectivity index (χ1v) is 4.43. The summed E-state index contributed by atoms with van der Waals surface area (Å²) in [7, 11) is 0. The summed E-state index contributed by atoms with van der Waals surface area (Å²) in [6, 6.07) is 0. The van der Waals surface area contributed by atoms with Gasteiger partial charge in [0, 0.05) is 0 Å². The number of rotatable bonds is 0. The Kier molecular flexibility index (Phi) is 22.3. The van der Waals surface area contributed by atoms with Gasteiger partial charge in [-0.3, -0.25) is 0 Å². The minimum absolute atomic E-state index is 0. The molecule has 0 heterocycles. The van der Waals surface area contributed by atoms with E-state index in [4.69, 9.17) is 34.6 Å². The van der Waals surface area contributed by atoms with Crippen molar-refractivity contribution in [1.29, 1.82) is 0 Å². The third-order valence-corrected chi connectivity index (χ3v) is 0.167. The molecule has 0 aliphatic rings. The average molecular weight is 478 g/mol. The average Bonchev–Trinajstić information content (AvgIpc) is 1.59. The summed E-state index contributed by atoms with van der Waals surface area (Å²) in [6.45, 7) is 0. The third-order valence-electron chi connectivity index (χ3n) is 0.167. The van der Waals surface area contributed by atoms with Gasteiger partial charge in [-0.25, -0.2) is 0 Å². The number of aliphatic carboxylic acids is 2. The van der Waals surface area contributed by atoms with Crippen molar-refractivity contribution in [2.75, 3.05) is 0 Å². The van der Waals surface area contributed by atoms with Gasteiger partial charge < -0.3 is 19.8 Å². The molecule has 0 bridgehead atoms. The Labute approximate surface area is 133 Å². The second kappa shape index (κ2) is 12.0. The SMILES string of the molecule is O=C([O-])C(=O)[O-].[La+3].[La+3].[O-][Ti]([O-])([O-])[O-]. The second-order valence-corrected chi connectivity index (χ2v) is 2.64. The normalized spacial score (nSPS) is 8.00. The zero-order valence-electron chi connectivity index (χ0n) is 5.92. The Bertz CT molecular complexity index is 135. The molecule has 8 nitrogen and oxygen atoms in total. The van der Waals surface area contributed by atoms with Crippen LogP contribution >= 0.6 is 0 Å². The maximum absolute atomic E-state index is 8.93. The second-order valence-electron chi connectivity index (χ2n) is 1.07. The summed E-state index contributed by atoms with van der Waals surface area (Å²) < 4.78 is 34.5. The molecule has 0 atom stereocenters. The third kappa shape index (κ3) is 56.6. The standard InChI is InChI=1S/C2H2O4.2La.4O.Ti/c3-1(4)2(5)6;;;;;;;/h(H,3,4)(H,5,6);;;;;;;/q;2*+3;4*-1;/p-2. The molecule has 0 aromatic rings. The van der Waals surface area contributed by atoms with Crippen molar-refractivity contribution < 1.29 is 124 Å². The van der Waals surface area contributed by atoms with Gasteiger partial charge in [0.2, 0.25) is 0 Å². The summed E-state index contributed by atoms with van der Waals surface area (Å²) in [5.41, 5.74) is 0. The number of hydrogen-bond donors (Lipinski definition) is 0. The zero-order chi connectivity index (χ0) is 9.65. The molecule has 0 rings (SSSR count). The summed E-state index contributed by atoms with van der Waals surface area (Å²) in [6.07, 6.45) is 0. The number of hydrogen-bond acceptors (Lipinski definition) is 8. The molecule has 0 aromatic carbocycles. The molecule has 11 heteroatoms. The first kappa shape index (κ1) is 24.2. The van der Waals surface area contributed by atoms with E-state index >= 15 is 0 Å². The predicted octanol–water partition coefficient (Wildman–Crippen LogP) is -8.27. The molecule has 0 radical (unpaired) electrons. The Balaban J connectivity index is -0.0000000546. The molecule has 0 fully saturated rings. The molecular weight excluding hydrogens is 478 g/mol. The van der Waals surface area contributed by atoms with Gasteiger partial charge in [0.15, 0.2) is 0 Å². The van der Waals surface area contributed by atoms with Crippen LogP contribution in [0.3, 0.4) is 0 Å². The van der Waals surface area contributed by atoms with E-state index in [2.05, 4.69) is 0 Å². The molecule has 0 aromatic heterocycles. The quantitative estimate of drug-likeness (QED) is 0.244. The number of carbonyl (C=O) groups is 2. The molecule has 0 saturated heterocycles. The van der Waals surface area contributed by atoms with Crippen LogP contribution in [-0.2, 0) is 27.7 Å². The summed E-state index contributed by atoms with van der Waals surface area (Å²) in [4.78, 5) is 17.9. The summed E-state index contributed by atoms with van der Waals surface area (Å²) in [5.74, 6) is -4.37. The van der Waals surface area contributed by atoms with Crippen LogP contribution < -0.4 is 25.0 Å². The number of carbonyl (C=O) groups excluding carboxylic acids is 2. The van der Waals surface area contributed by atoms with Crippen molar-refractivity contribution in [3.63, 3.8) is 0 Å². The van der Waals surface area contributed by atoms with Gasteiger partial charge in [-0.15, -0.1) is 0 Å². The van der Waals surface area contributed by atoms with Gasteiger partial charge in [-0.05, 0) is 0 Å². The molecule has 13 heavy (non-hydrogen) atoms. The van der Waals surface area contributed by atoms with E-state index in [0.29, 0.717) is 0 Å². The van der Waals surface area contributed by atoms with Crippen LogP contribution in [0.4, 0.5) is 0 Å². The molecule has 66 valence electrons. The van der Waals surface area contributed by atoms with Crippen molar-refractivity contribution in [2.24, 2.45) is 0 Å². The monoisotopic (exact) mass is 478 g/mol. The van der Waals surface area contributed by atoms with Crippen LogP contribution in [-0.4, -0.2) is 11.9 Å². The van der Waals surface area contributed by atoms with Crippen LogP contribution in [0.1, 0.15) is 0 Å². The van der Waals surface area contributed by atoms with Crippen molar-refractivity contribution >= 4 is 11.9 Å². The van der Waals surface area contributed by atoms with Gasteiger partial charge in [0.1, 0.15) is 0 Å². The fourth-order valence-corrected chi connectivity index (χ4v) is 0. The van der Waals surface area contributed by atoms with Crippen LogP contribution in [0.2, 0.25) is 0 Å². The van der Waals surface area contributed by atoms with E-state index in [1.807, 2.05) is 0 Å². The Morgan fingerprint density at radius 3 is 0.846 bits per heavy atom. The van der Waals surface area contributed by atoms with E-state index < -0.39 is 30.1 Å². The fraction of sp³-hybridized carbons (Fsp3) is 0. The summed E-state index contributed by atoms with van der Waals surface area (Å²) in [5, 5.41) is 17.9. The molecule has 0 saturated carbocycles. The Morgan fingerprint density at radius 2 is 0.846 bits per heavy atom. The van der Waals surface area contributed by atoms with Gasteiger partial charge >= 0.3 is 104 Å². The molecule has 0 aliphatic heterocycles. The Hall–Kier alpha value is 1.88. The zero-order valence-corrected chi connectivity index (χ0v) is 14.7. The molecule has 0 aliphatic carbocycles. The number of carboxylic acid groups (broad SMARTS) is 2. The fourth-order valence-electron chi connectivity index (χ4n) is 0. The number of carboxylic acids is 2. The molecule has 0 unspecified atom stereocenters. The van der Waals surface area contributed by atoms with Crippen molar-refractivity contribution in [2.45, 2.75) is 0 Å². The van der Waals surface area contributed by atoms with E-state index in [1.54, 1.807) is 0 Å². The van der Waals surface area contributed by atoms with E-state index in [1.165, 1.54) is 0 Å². The maximum atomic E-state index is 8.93. The van der Waals surface area contributed by atoms with Crippen LogP contribution in [0.5, 0.6) is 0 Å². The molecular formula is C2La2O8Ti.